The van der Waals surface area contributed by atoms with Crippen LogP contribution in [0.5, 0.6) is 0 Å². The minimum absolute atomic E-state index is 0.0614. The molecule has 19 heavy (non-hydrogen) atoms. The summed E-state index contributed by atoms with van der Waals surface area (Å²) in [4.78, 5) is 24.3. The lowest BCUT2D eigenvalue weighted by Crippen LogP contribution is -2.22. The van der Waals surface area contributed by atoms with Crippen molar-refractivity contribution in [3.05, 3.63) is 65.7 Å². The third kappa shape index (κ3) is 2.15. The number of amides is 1. The van der Waals surface area contributed by atoms with Gasteiger partial charge in [0.2, 0.25) is 5.91 Å². The maximum Gasteiger partial charge on any atom is 0.239 e. The number of carbonyl (C=O) groups excluding carboxylic acids is 2. The van der Waals surface area contributed by atoms with Crippen LogP contribution in [0.15, 0.2) is 54.6 Å². The van der Waals surface area contributed by atoms with Gasteiger partial charge in [0.1, 0.15) is 5.92 Å². The third-order valence-electron chi connectivity index (χ3n) is 3.34. The van der Waals surface area contributed by atoms with E-state index in [4.69, 9.17) is 0 Å². The van der Waals surface area contributed by atoms with Gasteiger partial charge in [-0.15, -0.1) is 0 Å². The first kappa shape index (κ1) is 11.7. The van der Waals surface area contributed by atoms with Crippen molar-refractivity contribution in [3.8, 4) is 0 Å². The van der Waals surface area contributed by atoms with Crippen LogP contribution in [0.25, 0.3) is 0 Å². The van der Waals surface area contributed by atoms with Crippen molar-refractivity contribution >= 4 is 17.4 Å². The van der Waals surface area contributed by atoms with Crippen molar-refractivity contribution in [3.63, 3.8) is 0 Å². The second kappa shape index (κ2) is 4.69. The third-order valence-corrected chi connectivity index (χ3v) is 3.34. The van der Waals surface area contributed by atoms with E-state index in [9.17, 15) is 9.59 Å². The molecule has 0 fully saturated rings. The zero-order valence-corrected chi connectivity index (χ0v) is 10.3. The highest BCUT2D eigenvalue weighted by atomic mass is 16.2. The number of Topliss-reactive ketones (excluding diaryl/α,β-unsaturated/α-hetero) is 1. The number of rotatable bonds is 3. The average Bonchev–Trinajstić information content (AvgIpc) is 2.75. The fourth-order valence-electron chi connectivity index (χ4n) is 2.43. The van der Waals surface area contributed by atoms with E-state index in [0.717, 1.165) is 16.8 Å². The monoisotopic (exact) mass is 251 g/mol. The summed E-state index contributed by atoms with van der Waals surface area (Å²) >= 11 is 0. The van der Waals surface area contributed by atoms with Crippen molar-refractivity contribution in [2.24, 2.45) is 0 Å². The van der Waals surface area contributed by atoms with Crippen molar-refractivity contribution in [1.82, 2.24) is 0 Å². The number of fused-ring (bicyclic) bond motifs is 1. The molecule has 1 aliphatic rings. The SMILES string of the molecule is O=C(Cc1ccccc1)C1C(=O)Nc2ccccc21. The molecule has 2 aromatic rings. The molecule has 0 aliphatic carbocycles. The van der Waals surface area contributed by atoms with Crippen LogP contribution in [-0.4, -0.2) is 11.7 Å². The maximum atomic E-state index is 12.3. The van der Waals surface area contributed by atoms with Crippen LogP contribution in [0, 0.1) is 0 Å². The topological polar surface area (TPSA) is 46.2 Å². The summed E-state index contributed by atoms with van der Waals surface area (Å²) in [5.41, 5.74) is 2.47. The van der Waals surface area contributed by atoms with Gasteiger partial charge in [0.25, 0.3) is 0 Å². The molecule has 1 N–H and O–H groups in total. The van der Waals surface area contributed by atoms with Crippen LogP contribution in [-0.2, 0) is 16.0 Å². The van der Waals surface area contributed by atoms with Crippen LogP contribution in [0.3, 0.4) is 0 Å². The summed E-state index contributed by atoms with van der Waals surface area (Å²) in [6, 6.07) is 16.9. The zero-order chi connectivity index (χ0) is 13.2. The lowest BCUT2D eigenvalue weighted by atomic mass is 9.92. The van der Waals surface area contributed by atoms with Gasteiger partial charge in [-0.2, -0.15) is 0 Å². The van der Waals surface area contributed by atoms with Crippen molar-refractivity contribution in [2.75, 3.05) is 5.32 Å². The van der Waals surface area contributed by atoms with E-state index in [1.54, 1.807) is 0 Å². The lowest BCUT2D eigenvalue weighted by Gasteiger charge is -2.07. The Morgan fingerprint density at radius 1 is 1.00 bits per heavy atom. The van der Waals surface area contributed by atoms with E-state index >= 15 is 0 Å². The number of ketones is 1. The van der Waals surface area contributed by atoms with Crippen LogP contribution in [0.2, 0.25) is 0 Å². The van der Waals surface area contributed by atoms with Gasteiger partial charge in [0.05, 0.1) is 0 Å². The quantitative estimate of drug-likeness (QED) is 0.852. The smallest absolute Gasteiger partial charge is 0.239 e. The Hall–Kier alpha value is -2.42. The molecule has 3 nitrogen and oxygen atoms in total. The predicted octanol–water partition coefficient (Wildman–Crippen LogP) is 2.53. The predicted molar refractivity (Wildman–Crippen MR) is 73.0 cm³/mol. The molecule has 1 amide bonds. The molecule has 0 bridgehead atoms. The minimum Gasteiger partial charge on any atom is -0.325 e. The Morgan fingerprint density at radius 3 is 2.47 bits per heavy atom. The highest BCUT2D eigenvalue weighted by molar-refractivity contribution is 6.17. The number of anilines is 1. The van der Waals surface area contributed by atoms with Gasteiger partial charge in [-0.1, -0.05) is 48.5 Å². The number of hydrogen-bond acceptors (Lipinski definition) is 2. The molecule has 1 unspecified atom stereocenters. The minimum atomic E-state index is -0.670. The summed E-state index contributed by atoms with van der Waals surface area (Å²) in [5.74, 6) is -0.952. The Kier molecular flexibility index (Phi) is 2.88. The van der Waals surface area contributed by atoms with Crippen LogP contribution in [0.4, 0.5) is 5.69 Å². The van der Waals surface area contributed by atoms with Gasteiger partial charge in [0, 0.05) is 12.1 Å². The maximum absolute atomic E-state index is 12.3. The molecule has 1 heterocycles. The first-order valence-corrected chi connectivity index (χ1v) is 6.22. The standard InChI is InChI=1S/C16H13NO2/c18-14(10-11-6-2-1-3-7-11)15-12-8-4-5-9-13(12)17-16(15)19/h1-9,15H,10H2,(H,17,19). The zero-order valence-electron chi connectivity index (χ0n) is 10.3. The molecule has 0 aromatic heterocycles. The summed E-state index contributed by atoms with van der Waals surface area (Å²) in [5, 5.41) is 2.75. The first-order valence-electron chi connectivity index (χ1n) is 6.22. The fourth-order valence-corrected chi connectivity index (χ4v) is 2.43. The second-order valence-electron chi connectivity index (χ2n) is 4.64. The summed E-state index contributed by atoms with van der Waals surface area (Å²) < 4.78 is 0. The largest absolute Gasteiger partial charge is 0.325 e. The van der Waals surface area contributed by atoms with E-state index in [2.05, 4.69) is 5.32 Å². The molecule has 0 spiro atoms. The highest BCUT2D eigenvalue weighted by Crippen LogP contribution is 2.33. The average molecular weight is 251 g/mol. The van der Waals surface area contributed by atoms with E-state index in [-0.39, 0.29) is 18.1 Å². The van der Waals surface area contributed by atoms with Gasteiger partial charge in [0.15, 0.2) is 5.78 Å². The van der Waals surface area contributed by atoms with E-state index < -0.39 is 5.92 Å². The molecule has 3 rings (SSSR count). The highest BCUT2D eigenvalue weighted by Gasteiger charge is 2.35. The van der Waals surface area contributed by atoms with E-state index in [1.807, 2.05) is 54.6 Å². The molecular formula is C16H13NO2. The molecular weight excluding hydrogens is 238 g/mol. The lowest BCUT2D eigenvalue weighted by molar-refractivity contribution is -0.126. The molecule has 0 saturated carbocycles. The second-order valence-corrected chi connectivity index (χ2v) is 4.64. The number of nitrogens with one attached hydrogen (secondary N) is 1. The molecule has 2 aromatic carbocycles. The van der Waals surface area contributed by atoms with Gasteiger partial charge < -0.3 is 5.32 Å². The number of para-hydroxylation sites is 1. The van der Waals surface area contributed by atoms with Gasteiger partial charge >= 0.3 is 0 Å². The van der Waals surface area contributed by atoms with Gasteiger partial charge in [-0.25, -0.2) is 0 Å². The van der Waals surface area contributed by atoms with E-state index in [1.165, 1.54) is 0 Å². The Labute approximate surface area is 111 Å². The summed E-state index contributed by atoms with van der Waals surface area (Å²) in [6.07, 6.45) is 0.285. The van der Waals surface area contributed by atoms with E-state index in [0.29, 0.717) is 0 Å². The number of hydrogen-bond donors (Lipinski definition) is 1. The Balaban J connectivity index is 1.86. The van der Waals surface area contributed by atoms with Crippen LogP contribution >= 0.6 is 0 Å². The van der Waals surface area contributed by atoms with Crippen LogP contribution < -0.4 is 5.32 Å². The molecule has 1 atom stereocenters. The molecule has 0 saturated heterocycles. The van der Waals surface area contributed by atoms with Gasteiger partial charge in [-0.05, 0) is 17.2 Å². The molecule has 94 valence electrons. The normalized spacial score (nSPS) is 16.8. The number of carbonyl (C=O) groups is 2. The molecule has 0 radical (unpaired) electrons. The van der Waals surface area contributed by atoms with Gasteiger partial charge in [-0.3, -0.25) is 9.59 Å². The fraction of sp³-hybridized carbons (Fsp3) is 0.125. The summed E-state index contributed by atoms with van der Waals surface area (Å²) in [7, 11) is 0. The summed E-state index contributed by atoms with van der Waals surface area (Å²) in [6.45, 7) is 0. The number of benzene rings is 2. The molecule has 1 aliphatic heterocycles. The Bertz CT molecular complexity index is 634. The van der Waals surface area contributed by atoms with Crippen molar-refractivity contribution in [1.29, 1.82) is 0 Å². The molecule has 3 heteroatoms. The Morgan fingerprint density at radius 2 is 1.68 bits per heavy atom. The van der Waals surface area contributed by atoms with Crippen LogP contribution in [0.1, 0.15) is 17.0 Å². The van der Waals surface area contributed by atoms with Crippen molar-refractivity contribution in [2.45, 2.75) is 12.3 Å². The van der Waals surface area contributed by atoms with Crippen molar-refractivity contribution < 1.29 is 9.59 Å². The first-order chi connectivity index (χ1) is 9.25.